The van der Waals surface area contributed by atoms with Gasteiger partial charge in [0, 0.05) is 49.2 Å². The van der Waals surface area contributed by atoms with Crippen molar-refractivity contribution in [1.29, 1.82) is 5.26 Å². The lowest BCUT2D eigenvalue weighted by Gasteiger charge is -2.36. The summed E-state index contributed by atoms with van der Waals surface area (Å²) in [6, 6.07) is 15.3. The molecule has 0 radical (unpaired) electrons. The van der Waals surface area contributed by atoms with Gasteiger partial charge in [-0.15, -0.1) is 0 Å². The van der Waals surface area contributed by atoms with E-state index in [4.69, 9.17) is 4.98 Å². The average Bonchev–Trinajstić information content (AvgIpc) is 3.47. The minimum atomic E-state index is -1.00. The Morgan fingerprint density at radius 3 is 2.47 bits per heavy atom. The summed E-state index contributed by atoms with van der Waals surface area (Å²) in [6.07, 6.45) is 10.1. The van der Waals surface area contributed by atoms with Crippen LogP contribution in [0.1, 0.15) is 57.6 Å². The molecule has 1 saturated carbocycles. The molecular weight excluding hydrogens is 568 g/mol. The second-order valence-corrected chi connectivity index (χ2v) is 12.1. The number of carbonyl (C=O) groups is 1. The normalized spacial score (nSPS) is 17.2. The van der Waals surface area contributed by atoms with Crippen LogP contribution in [0.4, 0.5) is 22.4 Å². The van der Waals surface area contributed by atoms with E-state index in [0.717, 1.165) is 42.4 Å². The molecule has 4 aromatic rings. The molecule has 1 aliphatic carbocycles. The third-order valence-electron chi connectivity index (χ3n) is 8.26. The quantitative estimate of drug-likeness (QED) is 0.197. The van der Waals surface area contributed by atoms with Crippen molar-refractivity contribution < 1.29 is 9.90 Å². The molecule has 3 aromatic heterocycles. The van der Waals surface area contributed by atoms with Crippen LogP contribution in [0.3, 0.4) is 0 Å². The third kappa shape index (κ3) is 7.93. The van der Waals surface area contributed by atoms with Gasteiger partial charge in [-0.3, -0.25) is 9.58 Å². The molecule has 1 aliphatic rings. The molecule has 1 fully saturated rings. The molecule has 1 aromatic carbocycles. The first kappa shape index (κ1) is 31.4. The number of rotatable bonds is 10. The maximum absolute atomic E-state index is 13.7. The summed E-state index contributed by atoms with van der Waals surface area (Å²) in [5.41, 5.74) is 2.21. The van der Waals surface area contributed by atoms with Gasteiger partial charge in [0.1, 0.15) is 23.3 Å². The van der Waals surface area contributed by atoms with Crippen molar-refractivity contribution in [1.82, 2.24) is 30.0 Å². The fraction of sp³-hybridized carbons (Fsp3) is 0.394. The van der Waals surface area contributed by atoms with Gasteiger partial charge in [-0.1, -0.05) is 30.3 Å². The molecule has 0 spiro atoms. The molecule has 12 heteroatoms. The monoisotopic (exact) mass is 608 g/mol. The van der Waals surface area contributed by atoms with Crippen LogP contribution >= 0.6 is 0 Å². The summed E-state index contributed by atoms with van der Waals surface area (Å²) >= 11 is 0. The number of hydrogen-bond donors (Lipinski definition) is 4. The number of amides is 2. The molecule has 45 heavy (non-hydrogen) atoms. The van der Waals surface area contributed by atoms with E-state index in [-0.39, 0.29) is 24.2 Å². The predicted octanol–water partition coefficient (Wildman–Crippen LogP) is 4.85. The average molecular weight is 609 g/mol. The first-order valence-electron chi connectivity index (χ1n) is 15.2. The zero-order valence-corrected chi connectivity index (χ0v) is 26.1. The zero-order chi connectivity index (χ0) is 32.0. The summed E-state index contributed by atoms with van der Waals surface area (Å²) < 4.78 is 1.75. The van der Waals surface area contributed by atoms with E-state index in [2.05, 4.69) is 37.1 Å². The maximum atomic E-state index is 13.7. The highest BCUT2D eigenvalue weighted by molar-refractivity contribution is 5.91. The van der Waals surface area contributed by atoms with E-state index in [1.807, 2.05) is 62.6 Å². The van der Waals surface area contributed by atoms with Crippen LogP contribution in [0, 0.1) is 11.3 Å². The minimum Gasteiger partial charge on any atom is -0.388 e. The van der Waals surface area contributed by atoms with Gasteiger partial charge < -0.3 is 21.1 Å². The maximum Gasteiger partial charge on any atom is 0.323 e. The summed E-state index contributed by atoms with van der Waals surface area (Å²) in [5, 5.41) is 33.8. The van der Waals surface area contributed by atoms with Crippen molar-refractivity contribution in [2.75, 3.05) is 15.5 Å². The number of anilines is 3. The first-order valence-corrected chi connectivity index (χ1v) is 15.2. The van der Waals surface area contributed by atoms with Crippen molar-refractivity contribution in [3.05, 3.63) is 78.4 Å². The van der Waals surface area contributed by atoms with Gasteiger partial charge in [-0.05, 0) is 64.2 Å². The van der Waals surface area contributed by atoms with Crippen LogP contribution in [0.2, 0.25) is 0 Å². The largest absolute Gasteiger partial charge is 0.388 e. The SMILES string of the molecule is CC(Nc1nc(N[C@H]2CC[C@H](N(C(=O)NCc3ccccc3)c3ccc(-c4cnn(C)c4)cn3)CC2)ncc1C#N)C(C)(C)O. The van der Waals surface area contributed by atoms with Gasteiger partial charge in [0.05, 0.1) is 24.0 Å². The highest BCUT2D eigenvalue weighted by Gasteiger charge is 2.31. The highest BCUT2D eigenvalue weighted by atomic mass is 16.3. The molecule has 0 saturated heterocycles. The number of urea groups is 1. The van der Waals surface area contributed by atoms with Crippen molar-refractivity contribution >= 4 is 23.6 Å². The number of nitrogens with zero attached hydrogens (tertiary/aromatic N) is 7. The number of aromatic nitrogens is 5. The summed E-state index contributed by atoms with van der Waals surface area (Å²) in [5.74, 6) is 1.38. The van der Waals surface area contributed by atoms with Crippen molar-refractivity contribution in [3.8, 4) is 17.2 Å². The fourth-order valence-corrected chi connectivity index (χ4v) is 5.27. The van der Waals surface area contributed by atoms with Crippen molar-refractivity contribution in [3.63, 3.8) is 0 Å². The number of aryl methyl sites for hydroxylation is 1. The molecule has 0 bridgehead atoms. The molecule has 0 aliphatic heterocycles. The van der Waals surface area contributed by atoms with Crippen LogP contribution in [0.15, 0.2) is 67.3 Å². The van der Waals surface area contributed by atoms with Gasteiger partial charge >= 0.3 is 6.03 Å². The van der Waals surface area contributed by atoms with Crippen LogP contribution in [0.5, 0.6) is 0 Å². The van der Waals surface area contributed by atoms with E-state index in [1.54, 1.807) is 35.8 Å². The third-order valence-corrected chi connectivity index (χ3v) is 8.26. The standard InChI is InChI=1S/C33H40N10O2/c1-22(33(2,3)45)39-30-25(16-34)19-36-31(41-30)40-27-11-13-28(14-12-27)43(32(44)37-17-23-8-6-5-7-9-23)29-15-10-24(18-35-29)26-20-38-42(4)21-26/h5-10,15,18-22,27-28,45H,11-14,17H2,1-4H3,(H,37,44)(H2,36,39,40,41)/t22?,27-,28-. The van der Waals surface area contributed by atoms with Gasteiger partial charge in [-0.2, -0.15) is 15.3 Å². The van der Waals surface area contributed by atoms with Gasteiger partial charge in [0.15, 0.2) is 0 Å². The van der Waals surface area contributed by atoms with E-state index >= 15 is 0 Å². The Balaban J connectivity index is 1.28. The Morgan fingerprint density at radius 1 is 1.09 bits per heavy atom. The van der Waals surface area contributed by atoms with Crippen LogP contribution < -0.4 is 20.9 Å². The number of pyridine rings is 1. The number of hydrogen-bond acceptors (Lipinski definition) is 9. The van der Waals surface area contributed by atoms with Crippen molar-refractivity contribution in [2.45, 2.75) is 76.7 Å². The zero-order valence-electron chi connectivity index (χ0n) is 26.1. The van der Waals surface area contributed by atoms with E-state index in [9.17, 15) is 15.2 Å². The summed E-state index contributed by atoms with van der Waals surface area (Å²) in [6.45, 7) is 5.65. The number of benzene rings is 1. The molecule has 1 atom stereocenters. The number of carbonyl (C=O) groups excluding carboxylic acids is 1. The lowest BCUT2D eigenvalue weighted by Crippen LogP contribution is -2.49. The molecule has 3 heterocycles. The summed E-state index contributed by atoms with van der Waals surface area (Å²) in [4.78, 5) is 29.1. The Bertz CT molecular complexity index is 1620. The molecule has 2 amide bonds. The van der Waals surface area contributed by atoms with E-state index in [0.29, 0.717) is 29.7 Å². The van der Waals surface area contributed by atoms with Gasteiger partial charge in [-0.25, -0.2) is 14.8 Å². The first-order chi connectivity index (χ1) is 21.6. The number of nitriles is 1. The van der Waals surface area contributed by atoms with E-state index in [1.165, 1.54) is 6.20 Å². The second kappa shape index (κ2) is 13.7. The van der Waals surface area contributed by atoms with Crippen LogP contribution in [-0.4, -0.2) is 59.6 Å². The Hall–Kier alpha value is -5.02. The molecule has 12 nitrogen and oxygen atoms in total. The molecular formula is C33H40N10O2. The van der Waals surface area contributed by atoms with Crippen molar-refractivity contribution in [2.24, 2.45) is 7.05 Å². The summed E-state index contributed by atoms with van der Waals surface area (Å²) in [7, 11) is 1.87. The smallest absolute Gasteiger partial charge is 0.323 e. The number of aliphatic hydroxyl groups is 1. The van der Waals surface area contributed by atoms with E-state index < -0.39 is 5.60 Å². The minimum absolute atomic E-state index is 0.0534. The lowest BCUT2D eigenvalue weighted by molar-refractivity contribution is 0.0647. The molecule has 4 N–H and O–H groups in total. The number of nitrogens with one attached hydrogen (secondary N) is 3. The Kier molecular flexibility index (Phi) is 9.59. The topological polar surface area (TPSA) is 157 Å². The Labute approximate surface area is 263 Å². The highest BCUT2D eigenvalue weighted by Crippen LogP contribution is 2.30. The van der Waals surface area contributed by atoms with Gasteiger partial charge in [0.2, 0.25) is 5.95 Å². The second-order valence-electron chi connectivity index (χ2n) is 12.1. The van der Waals surface area contributed by atoms with Crippen LogP contribution in [-0.2, 0) is 13.6 Å². The molecule has 5 rings (SSSR count). The van der Waals surface area contributed by atoms with Crippen LogP contribution in [0.25, 0.3) is 11.1 Å². The lowest BCUT2D eigenvalue weighted by atomic mass is 9.90. The van der Waals surface area contributed by atoms with Gasteiger partial charge in [0.25, 0.3) is 0 Å². The Morgan fingerprint density at radius 2 is 1.84 bits per heavy atom. The predicted molar refractivity (Wildman–Crippen MR) is 173 cm³/mol. The molecule has 234 valence electrons. The fourth-order valence-electron chi connectivity index (χ4n) is 5.27. The molecule has 1 unspecified atom stereocenters.